The normalized spacial score (nSPS) is 12.3. The van der Waals surface area contributed by atoms with Crippen LogP contribution in [0.2, 0.25) is 0 Å². The standard InChI is InChI=1S/C18H17NO4/c1-10-8-14(11(2)22-10)18(21)23-12(3)17(20)15-9-19-16-7-5-4-6-13(15)16/h4-9,12,19H,1-3H3/t12-/m1/s1. The summed E-state index contributed by atoms with van der Waals surface area (Å²) in [4.78, 5) is 27.8. The number of carbonyl (C=O) groups is 2. The second-order valence-electron chi connectivity index (χ2n) is 5.49. The van der Waals surface area contributed by atoms with Crippen molar-refractivity contribution in [2.24, 2.45) is 0 Å². The molecule has 0 amide bonds. The molecule has 1 aromatic carbocycles. The fraction of sp³-hybridized carbons (Fsp3) is 0.222. The number of esters is 1. The summed E-state index contributed by atoms with van der Waals surface area (Å²) in [5.74, 6) is 0.318. The van der Waals surface area contributed by atoms with E-state index in [1.54, 1.807) is 33.0 Å². The van der Waals surface area contributed by atoms with E-state index in [1.807, 2.05) is 24.3 Å². The predicted octanol–water partition coefficient (Wildman–Crippen LogP) is 3.81. The topological polar surface area (TPSA) is 72.3 Å². The first kappa shape index (κ1) is 15.1. The van der Waals surface area contributed by atoms with Gasteiger partial charge in [-0.25, -0.2) is 4.79 Å². The first-order chi connectivity index (χ1) is 11.0. The molecule has 1 atom stereocenters. The van der Waals surface area contributed by atoms with Crippen LogP contribution in [-0.2, 0) is 4.74 Å². The van der Waals surface area contributed by atoms with Crippen LogP contribution in [0.25, 0.3) is 10.9 Å². The van der Waals surface area contributed by atoms with Gasteiger partial charge in [-0.2, -0.15) is 0 Å². The van der Waals surface area contributed by atoms with Crippen LogP contribution in [0.3, 0.4) is 0 Å². The van der Waals surface area contributed by atoms with Crippen molar-refractivity contribution in [1.29, 1.82) is 0 Å². The molecule has 0 aliphatic heterocycles. The molecule has 0 saturated heterocycles. The molecule has 5 nitrogen and oxygen atoms in total. The maximum atomic E-state index is 12.6. The minimum atomic E-state index is -0.878. The molecule has 0 fully saturated rings. The van der Waals surface area contributed by atoms with Crippen molar-refractivity contribution in [2.45, 2.75) is 26.9 Å². The Labute approximate surface area is 133 Å². The molecular weight excluding hydrogens is 294 g/mol. The number of aromatic nitrogens is 1. The van der Waals surface area contributed by atoms with Crippen LogP contribution in [0, 0.1) is 13.8 Å². The highest BCUT2D eigenvalue weighted by Crippen LogP contribution is 2.21. The molecule has 23 heavy (non-hydrogen) atoms. The van der Waals surface area contributed by atoms with E-state index in [9.17, 15) is 9.59 Å². The van der Waals surface area contributed by atoms with Gasteiger partial charge in [0.15, 0.2) is 6.10 Å². The van der Waals surface area contributed by atoms with Gasteiger partial charge in [-0.05, 0) is 32.9 Å². The molecule has 5 heteroatoms. The van der Waals surface area contributed by atoms with Crippen LogP contribution in [0.4, 0.5) is 0 Å². The number of fused-ring (bicyclic) bond motifs is 1. The van der Waals surface area contributed by atoms with Gasteiger partial charge in [0, 0.05) is 22.7 Å². The molecule has 2 aromatic heterocycles. The Morgan fingerprint density at radius 2 is 1.91 bits per heavy atom. The fourth-order valence-corrected chi connectivity index (χ4v) is 2.61. The number of benzene rings is 1. The van der Waals surface area contributed by atoms with E-state index in [-0.39, 0.29) is 5.78 Å². The Hall–Kier alpha value is -2.82. The highest BCUT2D eigenvalue weighted by Gasteiger charge is 2.24. The van der Waals surface area contributed by atoms with E-state index in [2.05, 4.69) is 4.98 Å². The van der Waals surface area contributed by atoms with E-state index < -0.39 is 12.1 Å². The summed E-state index contributed by atoms with van der Waals surface area (Å²) in [7, 11) is 0. The van der Waals surface area contributed by atoms with Crippen LogP contribution in [-0.4, -0.2) is 22.8 Å². The van der Waals surface area contributed by atoms with Crippen LogP contribution in [0.1, 0.15) is 39.2 Å². The molecule has 0 saturated carbocycles. The number of ether oxygens (including phenoxy) is 1. The first-order valence-electron chi connectivity index (χ1n) is 7.35. The highest BCUT2D eigenvalue weighted by molar-refractivity contribution is 6.10. The number of hydrogen-bond acceptors (Lipinski definition) is 4. The van der Waals surface area contributed by atoms with E-state index in [4.69, 9.17) is 9.15 Å². The molecule has 0 spiro atoms. The number of hydrogen-bond donors (Lipinski definition) is 1. The molecule has 0 radical (unpaired) electrons. The molecule has 3 aromatic rings. The number of Topliss-reactive ketones (excluding diaryl/α,β-unsaturated/α-hetero) is 1. The van der Waals surface area contributed by atoms with Gasteiger partial charge in [-0.15, -0.1) is 0 Å². The van der Waals surface area contributed by atoms with Gasteiger partial charge in [0.25, 0.3) is 0 Å². The van der Waals surface area contributed by atoms with Crippen LogP contribution >= 0.6 is 0 Å². The summed E-state index contributed by atoms with van der Waals surface area (Å²) >= 11 is 0. The van der Waals surface area contributed by atoms with E-state index in [0.29, 0.717) is 22.6 Å². The molecule has 2 heterocycles. The highest BCUT2D eigenvalue weighted by atomic mass is 16.5. The van der Waals surface area contributed by atoms with Crippen LogP contribution in [0.15, 0.2) is 40.9 Å². The summed E-state index contributed by atoms with van der Waals surface area (Å²) in [6.07, 6.45) is 0.765. The zero-order valence-electron chi connectivity index (χ0n) is 13.2. The van der Waals surface area contributed by atoms with Crippen molar-refractivity contribution in [3.63, 3.8) is 0 Å². The van der Waals surface area contributed by atoms with Gasteiger partial charge in [-0.1, -0.05) is 18.2 Å². The minimum absolute atomic E-state index is 0.242. The van der Waals surface area contributed by atoms with Crippen LogP contribution in [0.5, 0.6) is 0 Å². The average molecular weight is 311 g/mol. The third-order valence-electron chi connectivity index (χ3n) is 3.77. The molecule has 0 aliphatic rings. The van der Waals surface area contributed by atoms with Crippen LogP contribution < -0.4 is 0 Å². The number of aromatic amines is 1. The number of nitrogens with one attached hydrogen (secondary N) is 1. The lowest BCUT2D eigenvalue weighted by molar-refractivity contribution is 0.0317. The Morgan fingerprint density at radius 3 is 2.61 bits per heavy atom. The Balaban J connectivity index is 1.80. The van der Waals surface area contributed by atoms with Gasteiger partial charge in [0.05, 0.1) is 0 Å². The summed E-state index contributed by atoms with van der Waals surface area (Å²) in [6, 6.07) is 9.11. The lowest BCUT2D eigenvalue weighted by Crippen LogP contribution is -2.24. The molecule has 0 unspecified atom stereocenters. The van der Waals surface area contributed by atoms with E-state index in [1.165, 1.54) is 0 Å². The SMILES string of the molecule is Cc1cc(C(=O)O[C@H](C)C(=O)c2c[nH]c3ccccc23)c(C)o1. The lowest BCUT2D eigenvalue weighted by Gasteiger charge is -2.11. The number of ketones is 1. The maximum absolute atomic E-state index is 12.6. The Morgan fingerprint density at radius 1 is 1.17 bits per heavy atom. The van der Waals surface area contributed by atoms with Crippen molar-refractivity contribution in [3.8, 4) is 0 Å². The third kappa shape index (κ3) is 2.77. The minimum Gasteiger partial charge on any atom is -0.466 e. The number of rotatable bonds is 4. The van der Waals surface area contributed by atoms with Crippen molar-refractivity contribution in [3.05, 3.63) is 59.2 Å². The molecule has 0 aliphatic carbocycles. The van der Waals surface area contributed by atoms with Crippen molar-refractivity contribution < 1.29 is 18.7 Å². The number of furan rings is 1. The summed E-state index contributed by atoms with van der Waals surface area (Å²) < 4.78 is 10.6. The van der Waals surface area contributed by atoms with Gasteiger partial charge in [0.2, 0.25) is 5.78 Å². The first-order valence-corrected chi connectivity index (χ1v) is 7.35. The van der Waals surface area contributed by atoms with Gasteiger partial charge in [0.1, 0.15) is 17.1 Å². The smallest absolute Gasteiger partial charge is 0.342 e. The quantitative estimate of drug-likeness (QED) is 0.587. The van der Waals surface area contributed by atoms with Crippen molar-refractivity contribution in [1.82, 2.24) is 4.98 Å². The zero-order valence-corrected chi connectivity index (χ0v) is 13.2. The zero-order chi connectivity index (χ0) is 16.6. The number of H-pyrrole nitrogens is 1. The van der Waals surface area contributed by atoms with Gasteiger partial charge < -0.3 is 14.1 Å². The second-order valence-corrected chi connectivity index (χ2v) is 5.49. The number of carbonyl (C=O) groups excluding carboxylic acids is 2. The Kier molecular flexibility index (Phi) is 3.78. The van der Waals surface area contributed by atoms with E-state index >= 15 is 0 Å². The number of para-hydroxylation sites is 1. The summed E-state index contributed by atoms with van der Waals surface area (Å²) in [5.41, 5.74) is 1.73. The lowest BCUT2D eigenvalue weighted by atomic mass is 10.1. The summed E-state index contributed by atoms with van der Waals surface area (Å²) in [5, 5.41) is 0.815. The molecule has 0 bridgehead atoms. The van der Waals surface area contributed by atoms with Crippen molar-refractivity contribution in [2.75, 3.05) is 0 Å². The average Bonchev–Trinajstić information content (AvgIpc) is 3.09. The summed E-state index contributed by atoms with van der Waals surface area (Å²) in [6.45, 7) is 5.02. The third-order valence-corrected chi connectivity index (χ3v) is 3.77. The Bertz CT molecular complexity index is 887. The molecule has 118 valence electrons. The number of aryl methyl sites for hydroxylation is 2. The molecular formula is C18H17NO4. The maximum Gasteiger partial charge on any atom is 0.342 e. The van der Waals surface area contributed by atoms with Gasteiger partial charge in [-0.3, -0.25) is 4.79 Å². The molecule has 3 rings (SSSR count). The molecule has 1 N–H and O–H groups in total. The monoisotopic (exact) mass is 311 g/mol. The van der Waals surface area contributed by atoms with Gasteiger partial charge >= 0.3 is 5.97 Å². The van der Waals surface area contributed by atoms with Crippen molar-refractivity contribution >= 4 is 22.7 Å². The fourth-order valence-electron chi connectivity index (χ4n) is 2.61. The largest absolute Gasteiger partial charge is 0.466 e. The van der Waals surface area contributed by atoms with E-state index in [0.717, 1.165) is 10.9 Å². The predicted molar refractivity (Wildman–Crippen MR) is 85.7 cm³/mol. The second kappa shape index (κ2) is 5.76.